The summed E-state index contributed by atoms with van der Waals surface area (Å²) in [6.45, 7) is 21.8. The number of carbonyl (C=O) groups excluding carboxylic acids is 6. The van der Waals surface area contributed by atoms with E-state index in [1.54, 1.807) is 20.8 Å². The van der Waals surface area contributed by atoms with E-state index in [1.807, 2.05) is 0 Å². The Kier molecular flexibility index (Phi) is 31.6. The van der Waals surface area contributed by atoms with Crippen LogP contribution in [0.3, 0.4) is 0 Å². The minimum Gasteiger partial charge on any atom is -0.462 e. The van der Waals surface area contributed by atoms with E-state index >= 15 is 0 Å². The fourth-order valence-corrected chi connectivity index (χ4v) is 1.64. The van der Waals surface area contributed by atoms with Gasteiger partial charge in [0.15, 0.2) is 0 Å². The second-order valence-corrected chi connectivity index (χ2v) is 7.83. The van der Waals surface area contributed by atoms with Crippen molar-refractivity contribution in [3.05, 3.63) is 50.6 Å². The summed E-state index contributed by atoms with van der Waals surface area (Å²) in [6, 6.07) is 0. The highest BCUT2D eigenvalue weighted by Gasteiger charge is 2.08. The fraction of sp³-hybridized carbons (Fsp3) is 0.500. The number of rotatable bonds is 14. The van der Waals surface area contributed by atoms with Gasteiger partial charge in [0.25, 0.3) is 0 Å². The SMILES string of the molecule is C=CC(=O)OC(C)CO.C=CC(=O)OC(C)COC(C)=O.C=CC(=O)OCC(C)O.C=CC(=O)OCC(C)OC(C)=O. The predicted octanol–water partition coefficient (Wildman–Crippen LogP) is 1.53. The molecule has 42 heavy (non-hydrogen) atoms. The summed E-state index contributed by atoms with van der Waals surface area (Å²) in [7, 11) is 0. The van der Waals surface area contributed by atoms with Crippen LogP contribution in [-0.2, 0) is 57.2 Å². The number of ether oxygens (including phenoxy) is 6. The third kappa shape index (κ3) is 40.2. The molecular weight excluding hydrogens is 560 g/mol. The molecule has 0 saturated heterocycles. The molecule has 0 aromatic heterocycles. The Labute approximate surface area is 246 Å². The molecule has 2 N–H and O–H groups in total. The Bertz CT molecular complexity index is 863. The predicted molar refractivity (Wildman–Crippen MR) is 150 cm³/mol. The van der Waals surface area contributed by atoms with Crippen LogP contribution in [0.5, 0.6) is 0 Å². The molecule has 0 aliphatic rings. The van der Waals surface area contributed by atoms with Gasteiger partial charge in [-0.05, 0) is 27.7 Å². The molecule has 0 aromatic carbocycles. The van der Waals surface area contributed by atoms with Crippen LogP contribution in [0.2, 0.25) is 0 Å². The van der Waals surface area contributed by atoms with Crippen LogP contribution in [-0.4, -0.2) is 96.9 Å². The first-order valence-electron chi connectivity index (χ1n) is 12.3. The second kappa shape index (κ2) is 29.7. The molecule has 0 spiro atoms. The summed E-state index contributed by atoms with van der Waals surface area (Å²) in [5.41, 5.74) is 0. The van der Waals surface area contributed by atoms with Crippen LogP contribution < -0.4 is 0 Å². The van der Waals surface area contributed by atoms with Crippen LogP contribution >= 0.6 is 0 Å². The summed E-state index contributed by atoms with van der Waals surface area (Å²) in [5.74, 6) is -2.83. The molecule has 4 unspecified atom stereocenters. The van der Waals surface area contributed by atoms with E-state index in [9.17, 15) is 28.8 Å². The molecule has 0 heterocycles. The molecule has 14 nitrogen and oxygen atoms in total. The summed E-state index contributed by atoms with van der Waals surface area (Å²) < 4.78 is 27.6. The first-order valence-corrected chi connectivity index (χ1v) is 12.3. The molecular formula is C28H44O14. The first-order chi connectivity index (χ1) is 19.5. The highest BCUT2D eigenvalue weighted by Crippen LogP contribution is 1.94. The Morgan fingerprint density at radius 3 is 1.26 bits per heavy atom. The lowest BCUT2D eigenvalue weighted by atomic mass is 10.4. The van der Waals surface area contributed by atoms with E-state index in [0.29, 0.717) is 0 Å². The van der Waals surface area contributed by atoms with Crippen LogP contribution in [0.15, 0.2) is 50.6 Å². The number of aliphatic hydroxyl groups is 2. The lowest BCUT2D eigenvalue weighted by Gasteiger charge is -2.10. The van der Waals surface area contributed by atoms with Crippen molar-refractivity contribution in [1.82, 2.24) is 0 Å². The van der Waals surface area contributed by atoms with Crippen LogP contribution in [0, 0.1) is 0 Å². The van der Waals surface area contributed by atoms with Gasteiger partial charge in [0, 0.05) is 38.2 Å². The van der Waals surface area contributed by atoms with Gasteiger partial charge in [-0.15, -0.1) is 0 Å². The Hall–Kier alpha value is -4.30. The van der Waals surface area contributed by atoms with Crippen LogP contribution in [0.4, 0.5) is 0 Å². The third-order valence-electron chi connectivity index (χ3n) is 3.37. The molecule has 0 fully saturated rings. The van der Waals surface area contributed by atoms with Gasteiger partial charge in [-0.2, -0.15) is 0 Å². The smallest absolute Gasteiger partial charge is 0.330 e. The summed E-state index contributed by atoms with van der Waals surface area (Å²) in [6.07, 6.45) is 2.36. The van der Waals surface area contributed by atoms with E-state index in [0.717, 1.165) is 24.3 Å². The third-order valence-corrected chi connectivity index (χ3v) is 3.37. The van der Waals surface area contributed by atoms with Crippen molar-refractivity contribution >= 4 is 35.8 Å². The molecule has 0 aromatic rings. The van der Waals surface area contributed by atoms with Gasteiger partial charge < -0.3 is 38.6 Å². The van der Waals surface area contributed by atoms with Gasteiger partial charge in [0.2, 0.25) is 0 Å². The van der Waals surface area contributed by atoms with Crippen molar-refractivity contribution in [3.8, 4) is 0 Å². The summed E-state index contributed by atoms with van der Waals surface area (Å²) in [4.78, 5) is 62.4. The maximum Gasteiger partial charge on any atom is 0.330 e. The van der Waals surface area contributed by atoms with Gasteiger partial charge >= 0.3 is 35.8 Å². The molecule has 0 radical (unpaired) electrons. The molecule has 0 amide bonds. The maximum atomic E-state index is 10.6. The zero-order chi connectivity index (χ0) is 33.7. The number of carbonyl (C=O) groups is 6. The van der Waals surface area contributed by atoms with Gasteiger partial charge in [0.05, 0.1) is 12.7 Å². The van der Waals surface area contributed by atoms with E-state index in [2.05, 4.69) is 45.3 Å². The topological polar surface area (TPSA) is 198 Å². The van der Waals surface area contributed by atoms with Gasteiger partial charge in [-0.25, -0.2) is 19.2 Å². The average Bonchev–Trinajstić information content (AvgIpc) is 2.93. The zero-order valence-corrected chi connectivity index (χ0v) is 25.1. The zero-order valence-electron chi connectivity index (χ0n) is 25.1. The number of hydrogen-bond donors (Lipinski definition) is 2. The van der Waals surface area contributed by atoms with Crippen LogP contribution in [0.25, 0.3) is 0 Å². The molecule has 240 valence electrons. The van der Waals surface area contributed by atoms with Gasteiger partial charge in [0.1, 0.15) is 38.1 Å². The standard InChI is InChI=1S/2C8H12O4.2C6H10O3/c1-4-8(10)11-5-6(2)12-7(3)9;1-4-8(10)12-6(2)5-11-7(3)9;1-3-6(8)9-4-5(2)7;1-3-6(8)9-5(2)4-7/h2*4,6H,1,5H2,2-3H3;2*3,5,7H,1,4H2,2H3. The lowest BCUT2D eigenvalue weighted by molar-refractivity contribution is -0.153. The second-order valence-electron chi connectivity index (χ2n) is 7.83. The minimum atomic E-state index is -0.603. The first kappa shape index (κ1) is 44.7. The maximum absolute atomic E-state index is 10.6. The molecule has 4 atom stereocenters. The Morgan fingerprint density at radius 2 is 0.929 bits per heavy atom. The van der Waals surface area contributed by atoms with Gasteiger partial charge in [-0.1, -0.05) is 26.3 Å². The quantitative estimate of drug-likeness (QED) is 0.164. The highest BCUT2D eigenvalue weighted by molar-refractivity contribution is 5.82. The molecule has 0 saturated carbocycles. The molecule has 0 aliphatic heterocycles. The number of aliphatic hydroxyl groups excluding tert-OH is 2. The Morgan fingerprint density at radius 1 is 0.571 bits per heavy atom. The van der Waals surface area contributed by atoms with Crippen molar-refractivity contribution in [2.24, 2.45) is 0 Å². The van der Waals surface area contributed by atoms with Crippen molar-refractivity contribution in [2.45, 2.75) is 66.0 Å². The van der Waals surface area contributed by atoms with E-state index in [-0.39, 0.29) is 26.4 Å². The van der Waals surface area contributed by atoms with E-state index < -0.39 is 60.2 Å². The Balaban J connectivity index is -0.000000231. The lowest BCUT2D eigenvalue weighted by Crippen LogP contribution is -2.20. The fourth-order valence-electron chi connectivity index (χ4n) is 1.64. The average molecular weight is 605 g/mol. The van der Waals surface area contributed by atoms with Crippen LogP contribution in [0.1, 0.15) is 41.5 Å². The molecule has 0 rings (SSSR count). The van der Waals surface area contributed by atoms with Crippen molar-refractivity contribution < 1.29 is 67.4 Å². The van der Waals surface area contributed by atoms with Crippen molar-refractivity contribution in [3.63, 3.8) is 0 Å². The molecule has 0 bridgehead atoms. The number of esters is 6. The monoisotopic (exact) mass is 604 g/mol. The largest absolute Gasteiger partial charge is 0.462 e. The van der Waals surface area contributed by atoms with Gasteiger partial charge in [-0.3, -0.25) is 9.59 Å². The molecule has 0 aliphatic carbocycles. The summed E-state index contributed by atoms with van der Waals surface area (Å²) >= 11 is 0. The van der Waals surface area contributed by atoms with Crippen molar-refractivity contribution in [2.75, 3.05) is 26.4 Å². The minimum absolute atomic E-state index is 0.0326. The molecule has 14 heteroatoms. The van der Waals surface area contributed by atoms with Crippen molar-refractivity contribution in [1.29, 1.82) is 0 Å². The number of hydrogen-bond acceptors (Lipinski definition) is 14. The summed E-state index contributed by atoms with van der Waals surface area (Å²) in [5, 5.41) is 17.0. The van der Waals surface area contributed by atoms with E-state index in [1.165, 1.54) is 20.8 Å². The van der Waals surface area contributed by atoms with E-state index in [4.69, 9.17) is 19.7 Å². The normalized spacial score (nSPS) is 11.8. The highest BCUT2D eigenvalue weighted by atomic mass is 16.6.